The summed E-state index contributed by atoms with van der Waals surface area (Å²) in [6, 6.07) is 15.7. The number of carbonyl (C=O) groups is 2. The Morgan fingerprint density at radius 2 is 1.75 bits per heavy atom. The number of benzene rings is 2. The van der Waals surface area contributed by atoms with Crippen LogP contribution in [0.25, 0.3) is 0 Å². The van der Waals surface area contributed by atoms with Gasteiger partial charge in [-0.2, -0.15) is 0 Å². The molecule has 0 radical (unpaired) electrons. The molecule has 0 aliphatic carbocycles. The van der Waals surface area contributed by atoms with Crippen LogP contribution in [0.2, 0.25) is 0 Å². The van der Waals surface area contributed by atoms with Gasteiger partial charge in [-0.25, -0.2) is 4.79 Å². The van der Waals surface area contributed by atoms with Gasteiger partial charge >= 0.3 is 5.97 Å². The van der Waals surface area contributed by atoms with Gasteiger partial charge in [0.25, 0.3) is 0 Å². The number of aliphatic carboxylic acids is 1. The fourth-order valence-corrected chi connectivity index (χ4v) is 2.41. The fourth-order valence-electron chi connectivity index (χ4n) is 2.41. The Balaban J connectivity index is 2.18. The first-order chi connectivity index (χ1) is 11.5. The molecule has 5 nitrogen and oxygen atoms in total. The van der Waals surface area contributed by atoms with Crippen molar-refractivity contribution in [1.29, 1.82) is 0 Å². The summed E-state index contributed by atoms with van der Waals surface area (Å²) in [5, 5.41) is 9.31. The topological polar surface area (TPSA) is 66.8 Å². The highest BCUT2D eigenvalue weighted by Gasteiger charge is 2.25. The number of hydrogen-bond acceptors (Lipinski definition) is 3. The van der Waals surface area contributed by atoms with Gasteiger partial charge in [-0.3, -0.25) is 4.79 Å². The quantitative estimate of drug-likeness (QED) is 0.849. The van der Waals surface area contributed by atoms with Crippen molar-refractivity contribution in [3.63, 3.8) is 0 Å². The van der Waals surface area contributed by atoms with E-state index in [1.807, 2.05) is 42.5 Å². The summed E-state index contributed by atoms with van der Waals surface area (Å²) < 4.78 is 5.16. The van der Waals surface area contributed by atoms with E-state index in [1.165, 1.54) is 11.8 Å². The number of ether oxygens (including phenoxy) is 1. The minimum atomic E-state index is -1.02. The van der Waals surface area contributed by atoms with Crippen LogP contribution in [0.5, 0.6) is 5.75 Å². The second-order valence-corrected chi connectivity index (χ2v) is 5.55. The molecular formula is C19H21NO4. The third kappa shape index (κ3) is 4.59. The molecule has 5 heteroatoms. The van der Waals surface area contributed by atoms with E-state index in [9.17, 15) is 14.7 Å². The van der Waals surface area contributed by atoms with E-state index in [1.54, 1.807) is 19.2 Å². The molecule has 0 aliphatic rings. The number of carboxylic acids is 1. The lowest BCUT2D eigenvalue weighted by Gasteiger charge is -2.27. The van der Waals surface area contributed by atoms with E-state index in [0.717, 1.165) is 11.1 Å². The van der Waals surface area contributed by atoms with Crippen molar-refractivity contribution in [2.75, 3.05) is 7.11 Å². The zero-order chi connectivity index (χ0) is 17.5. The summed E-state index contributed by atoms with van der Waals surface area (Å²) in [5.41, 5.74) is 1.68. The van der Waals surface area contributed by atoms with Crippen LogP contribution in [0, 0.1) is 0 Å². The van der Waals surface area contributed by atoms with E-state index in [2.05, 4.69) is 0 Å². The molecular weight excluding hydrogens is 306 g/mol. The highest BCUT2D eigenvalue weighted by molar-refractivity contribution is 5.84. The van der Waals surface area contributed by atoms with Crippen molar-refractivity contribution in [2.45, 2.75) is 25.9 Å². The van der Waals surface area contributed by atoms with E-state index < -0.39 is 12.0 Å². The zero-order valence-electron chi connectivity index (χ0n) is 13.8. The summed E-state index contributed by atoms with van der Waals surface area (Å²) in [7, 11) is 1.56. The maximum absolute atomic E-state index is 12.7. The van der Waals surface area contributed by atoms with Gasteiger partial charge in [0.05, 0.1) is 13.5 Å². The Kier molecular flexibility index (Phi) is 5.95. The molecule has 2 aromatic carbocycles. The molecule has 0 bridgehead atoms. The number of hydrogen-bond donors (Lipinski definition) is 1. The Morgan fingerprint density at radius 1 is 1.08 bits per heavy atom. The second kappa shape index (κ2) is 8.15. The smallest absolute Gasteiger partial charge is 0.326 e. The molecule has 0 aromatic heterocycles. The molecule has 0 aliphatic heterocycles. The molecule has 0 saturated carbocycles. The van der Waals surface area contributed by atoms with Crippen LogP contribution in [-0.4, -0.2) is 35.0 Å². The Labute approximate surface area is 141 Å². The number of carbonyl (C=O) groups excluding carboxylic acids is 1. The molecule has 1 unspecified atom stereocenters. The normalized spacial score (nSPS) is 11.6. The van der Waals surface area contributed by atoms with Crippen molar-refractivity contribution in [3.05, 3.63) is 65.7 Å². The molecule has 0 saturated heterocycles. The highest BCUT2D eigenvalue weighted by Crippen LogP contribution is 2.16. The minimum absolute atomic E-state index is 0.127. The summed E-state index contributed by atoms with van der Waals surface area (Å²) in [6.45, 7) is 1.78. The average molecular weight is 327 g/mol. The first-order valence-electron chi connectivity index (χ1n) is 7.70. The number of amides is 1. The van der Waals surface area contributed by atoms with Crippen LogP contribution in [-0.2, 0) is 22.6 Å². The van der Waals surface area contributed by atoms with Gasteiger partial charge in [-0.1, -0.05) is 42.5 Å². The lowest BCUT2D eigenvalue weighted by atomic mass is 10.1. The van der Waals surface area contributed by atoms with Gasteiger partial charge in [-0.05, 0) is 30.2 Å². The summed E-state index contributed by atoms with van der Waals surface area (Å²) in [5.74, 6) is -0.590. The van der Waals surface area contributed by atoms with Gasteiger partial charge in [-0.15, -0.1) is 0 Å². The fraction of sp³-hybridized carbons (Fsp3) is 0.263. The maximum Gasteiger partial charge on any atom is 0.326 e. The van der Waals surface area contributed by atoms with Gasteiger partial charge in [0.15, 0.2) is 0 Å². The molecule has 126 valence electrons. The van der Waals surface area contributed by atoms with Crippen molar-refractivity contribution in [2.24, 2.45) is 0 Å². The van der Waals surface area contributed by atoms with Gasteiger partial charge in [0.2, 0.25) is 5.91 Å². The predicted molar refractivity (Wildman–Crippen MR) is 90.8 cm³/mol. The Hall–Kier alpha value is -2.82. The number of nitrogens with zero attached hydrogens (tertiary/aromatic N) is 1. The minimum Gasteiger partial charge on any atom is -0.497 e. The summed E-state index contributed by atoms with van der Waals surface area (Å²) in [6.07, 6.45) is 0.127. The first-order valence-corrected chi connectivity index (χ1v) is 7.70. The van der Waals surface area contributed by atoms with Gasteiger partial charge in [0.1, 0.15) is 11.8 Å². The average Bonchev–Trinajstić information content (AvgIpc) is 2.60. The van der Waals surface area contributed by atoms with Crippen LogP contribution < -0.4 is 4.74 Å². The molecule has 0 spiro atoms. The van der Waals surface area contributed by atoms with Gasteiger partial charge < -0.3 is 14.7 Å². The second-order valence-electron chi connectivity index (χ2n) is 5.55. The Morgan fingerprint density at radius 3 is 2.38 bits per heavy atom. The lowest BCUT2D eigenvalue weighted by molar-refractivity contribution is -0.149. The summed E-state index contributed by atoms with van der Waals surface area (Å²) in [4.78, 5) is 25.4. The third-order valence-electron chi connectivity index (χ3n) is 3.83. The number of rotatable bonds is 7. The maximum atomic E-state index is 12.7. The molecule has 0 fully saturated rings. The largest absolute Gasteiger partial charge is 0.497 e. The van der Waals surface area contributed by atoms with E-state index in [-0.39, 0.29) is 18.9 Å². The standard InChI is InChI=1S/C19H21NO4/c1-14(19(22)23)20(13-15-7-4-3-5-8-15)18(21)12-16-9-6-10-17(11-16)24-2/h3-11,14H,12-13H2,1-2H3,(H,22,23). The van der Waals surface area contributed by atoms with Crippen molar-refractivity contribution in [1.82, 2.24) is 4.90 Å². The molecule has 2 aromatic rings. The lowest BCUT2D eigenvalue weighted by Crippen LogP contribution is -2.43. The van der Waals surface area contributed by atoms with Crippen LogP contribution in [0.15, 0.2) is 54.6 Å². The van der Waals surface area contributed by atoms with E-state index in [0.29, 0.717) is 5.75 Å². The number of methoxy groups -OCH3 is 1. The molecule has 1 N–H and O–H groups in total. The highest BCUT2D eigenvalue weighted by atomic mass is 16.5. The van der Waals surface area contributed by atoms with Crippen LogP contribution in [0.4, 0.5) is 0 Å². The van der Waals surface area contributed by atoms with Gasteiger partial charge in [0, 0.05) is 6.54 Å². The summed E-state index contributed by atoms with van der Waals surface area (Å²) >= 11 is 0. The zero-order valence-corrected chi connectivity index (χ0v) is 13.8. The molecule has 0 heterocycles. The van der Waals surface area contributed by atoms with E-state index >= 15 is 0 Å². The molecule has 2 rings (SSSR count). The van der Waals surface area contributed by atoms with E-state index in [4.69, 9.17) is 4.74 Å². The predicted octanol–water partition coefficient (Wildman–Crippen LogP) is 2.74. The Bertz CT molecular complexity index is 700. The number of carboxylic acid groups (broad SMARTS) is 1. The molecule has 1 amide bonds. The van der Waals surface area contributed by atoms with Crippen molar-refractivity contribution < 1.29 is 19.4 Å². The van der Waals surface area contributed by atoms with Crippen molar-refractivity contribution in [3.8, 4) is 5.75 Å². The first kappa shape index (κ1) is 17.5. The van der Waals surface area contributed by atoms with Crippen LogP contribution in [0.1, 0.15) is 18.1 Å². The molecule has 24 heavy (non-hydrogen) atoms. The van der Waals surface area contributed by atoms with Crippen LogP contribution in [0.3, 0.4) is 0 Å². The molecule has 1 atom stereocenters. The third-order valence-corrected chi connectivity index (χ3v) is 3.83. The van der Waals surface area contributed by atoms with Crippen molar-refractivity contribution >= 4 is 11.9 Å². The van der Waals surface area contributed by atoms with Crippen LogP contribution >= 0.6 is 0 Å². The monoisotopic (exact) mass is 327 g/mol. The SMILES string of the molecule is COc1cccc(CC(=O)N(Cc2ccccc2)C(C)C(=O)O)c1.